The summed E-state index contributed by atoms with van der Waals surface area (Å²) in [5.74, 6) is 3.29. The van der Waals surface area contributed by atoms with Gasteiger partial charge in [-0.2, -0.15) is 0 Å². The molecule has 2 bridgehead atoms. The van der Waals surface area contributed by atoms with Gasteiger partial charge in [-0.25, -0.2) is 0 Å². The van der Waals surface area contributed by atoms with E-state index in [-0.39, 0.29) is 12.5 Å². The van der Waals surface area contributed by atoms with Crippen LogP contribution in [0.25, 0.3) is 0 Å². The van der Waals surface area contributed by atoms with Gasteiger partial charge in [-0.15, -0.1) is 0 Å². The molecule has 2 saturated carbocycles. The van der Waals surface area contributed by atoms with Gasteiger partial charge in [0.1, 0.15) is 0 Å². The second-order valence-corrected chi connectivity index (χ2v) is 7.60. The summed E-state index contributed by atoms with van der Waals surface area (Å²) >= 11 is 0. The SMILES string of the molecule is CC(NC(=O)CN1CCC(CCO)C1)C1CC2CCC1C2. The monoisotopic (exact) mass is 294 g/mol. The van der Waals surface area contributed by atoms with Crippen molar-refractivity contribution in [1.29, 1.82) is 0 Å². The highest BCUT2D eigenvalue weighted by molar-refractivity contribution is 5.78. The van der Waals surface area contributed by atoms with Crippen LogP contribution in [0.15, 0.2) is 0 Å². The fourth-order valence-electron chi connectivity index (χ4n) is 4.99. The van der Waals surface area contributed by atoms with Crippen LogP contribution >= 0.6 is 0 Å². The molecule has 3 rings (SSSR count). The van der Waals surface area contributed by atoms with Gasteiger partial charge in [0.2, 0.25) is 5.91 Å². The summed E-state index contributed by atoms with van der Waals surface area (Å²) in [6.45, 7) is 4.97. The van der Waals surface area contributed by atoms with Gasteiger partial charge in [0.05, 0.1) is 6.54 Å². The van der Waals surface area contributed by atoms with Gasteiger partial charge in [-0.3, -0.25) is 9.69 Å². The van der Waals surface area contributed by atoms with Crippen LogP contribution in [0.3, 0.4) is 0 Å². The molecule has 1 aliphatic heterocycles. The zero-order valence-corrected chi connectivity index (χ0v) is 13.3. The molecule has 2 N–H and O–H groups in total. The molecule has 5 atom stereocenters. The largest absolute Gasteiger partial charge is 0.396 e. The molecule has 0 radical (unpaired) electrons. The van der Waals surface area contributed by atoms with E-state index in [1.54, 1.807) is 0 Å². The third kappa shape index (κ3) is 3.59. The molecule has 4 nitrogen and oxygen atoms in total. The Morgan fingerprint density at radius 2 is 2.19 bits per heavy atom. The smallest absolute Gasteiger partial charge is 0.234 e. The van der Waals surface area contributed by atoms with Crippen LogP contribution in [-0.2, 0) is 4.79 Å². The first kappa shape index (κ1) is 15.3. The molecule has 5 unspecified atom stereocenters. The van der Waals surface area contributed by atoms with Gasteiger partial charge in [0.25, 0.3) is 0 Å². The molecule has 3 fully saturated rings. The van der Waals surface area contributed by atoms with Crippen molar-refractivity contribution in [3.63, 3.8) is 0 Å². The maximum Gasteiger partial charge on any atom is 0.234 e. The summed E-state index contributed by atoms with van der Waals surface area (Å²) in [6.07, 6.45) is 7.52. The molecule has 1 heterocycles. The van der Waals surface area contributed by atoms with Crippen molar-refractivity contribution in [3.8, 4) is 0 Å². The summed E-state index contributed by atoms with van der Waals surface area (Å²) in [4.78, 5) is 14.5. The van der Waals surface area contributed by atoms with Crippen LogP contribution in [-0.4, -0.2) is 48.2 Å². The molecule has 1 saturated heterocycles. The van der Waals surface area contributed by atoms with Crippen molar-refractivity contribution < 1.29 is 9.90 Å². The van der Waals surface area contributed by atoms with E-state index in [1.807, 2.05) is 0 Å². The summed E-state index contributed by atoms with van der Waals surface area (Å²) in [5.41, 5.74) is 0. The number of likely N-dealkylation sites (tertiary alicyclic amines) is 1. The molecule has 0 spiro atoms. The lowest BCUT2D eigenvalue weighted by atomic mass is 9.84. The molecule has 0 aromatic heterocycles. The number of hydrogen-bond donors (Lipinski definition) is 2. The second kappa shape index (κ2) is 6.66. The fourth-order valence-corrected chi connectivity index (χ4v) is 4.99. The van der Waals surface area contributed by atoms with Gasteiger partial charge in [0, 0.05) is 19.2 Å². The lowest BCUT2D eigenvalue weighted by molar-refractivity contribution is -0.123. The number of carbonyl (C=O) groups excluding carboxylic acids is 1. The molecule has 4 heteroatoms. The van der Waals surface area contributed by atoms with E-state index in [0.29, 0.717) is 24.4 Å². The summed E-state index contributed by atoms with van der Waals surface area (Å²) in [7, 11) is 0. The van der Waals surface area contributed by atoms with Crippen LogP contribution < -0.4 is 5.32 Å². The number of carbonyl (C=O) groups is 1. The average molecular weight is 294 g/mol. The number of fused-ring (bicyclic) bond motifs is 2. The quantitative estimate of drug-likeness (QED) is 0.783. The predicted molar refractivity (Wildman–Crippen MR) is 82.8 cm³/mol. The Bertz CT molecular complexity index is 374. The zero-order valence-electron chi connectivity index (χ0n) is 13.3. The molecule has 0 aromatic carbocycles. The van der Waals surface area contributed by atoms with Crippen LogP contribution in [0.1, 0.15) is 45.4 Å². The van der Waals surface area contributed by atoms with Crippen LogP contribution in [0, 0.1) is 23.7 Å². The maximum atomic E-state index is 12.2. The van der Waals surface area contributed by atoms with E-state index < -0.39 is 0 Å². The molecular formula is C17H30N2O2. The molecule has 0 aromatic rings. The standard InChI is InChI=1S/C17H30N2O2/c1-12(16-9-14-2-3-15(16)8-14)18-17(21)11-19-6-4-13(10-19)5-7-20/h12-16,20H,2-11H2,1H3,(H,18,21). The summed E-state index contributed by atoms with van der Waals surface area (Å²) < 4.78 is 0. The third-order valence-electron chi connectivity index (χ3n) is 6.10. The number of amides is 1. The predicted octanol–water partition coefficient (Wildman–Crippen LogP) is 1.63. The molecule has 120 valence electrons. The van der Waals surface area contributed by atoms with Gasteiger partial charge in [-0.05, 0) is 69.2 Å². The highest BCUT2D eigenvalue weighted by atomic mass is 16.3. The number of nitrogens with zero attached hydrogens (tertiary/aromatic N) is 1. The van der Waals surface area contributed by atoms with E-state index in [0.717, 1.165) is 37.8 Å². The van der Waals surface area contributed by atoms with Crippen molar-refractivity contribution in [3.05, 3.63) is 0 Å². The Labute approximate surface area is 128 Å². The Morgan fingerprint density at radius 1 is 1.33 bits per heavy atom. The molecule has 3 aliphatic rings. The average Bonchev–Trinajstić information content (AvgIpc) is 3.15. The molecule has 21 heavy (non-hydrogen) atoms. The lowest BCUT2D eigenvalue weighted by Gasteiger charge is -2.29. The first-order valence-corrected chi connectivity index (χ1v) is 8.78. The Kier molecular flexibility index (Phi) is 4.85. The number of aliphatic hydroxyl groups excluding tert-OH is 1. The van der Waals surface area contributed by atoms with Crippen molar-refractivity contribution in [2.45, 2.75) is 51.5 Å². The van der Waals surface area contributed by atoms with Crippen molar-refractivity contribution >= 4 is 5.91 Å². The highest BCUT2D eigenvalue weighted by Gasteiger charge is 2.42. The van der Waals surface area contributed by atoms with Gasteiger partial charge in [0.15, 0.2) is 0 Å². The number of nitrogens with one attached hydrogen (secondary N) is 1. The maximum absolute atomic E-state index is 12.2. The minimum Gasteiger partial charge on any atom is -0.396 e. The van der Waals surface area contributed by atoms with Gasteiger partial charge < -0.3 is 10.4 Å². The lowest BCUT2D eigenvalue weighted by Crippen LogP contribution is -2.44. The van der Waals surface area contributed by atoms with Crippen molar-refractivity contribution in [1.82, 2.24) is 10.2 Å². The van der Waals surface area contributed by atoms with Crippen molar-refractivity contribution in [2.24, 2.45) is 23.7 Å². The van der Waals surface area contributed by atoms with E-state index in [1.165, 1.54) is 25.7 Å². The number of hydrogen-bond acceptors (Lipinski definition) is 3. The first-order valence-electron chi connectivity index (χ1n) is 8.78. The molecule has 2 aliphatic carbocycles. The summed E-state index contributed by atoms with van der Waals surface area (Å²) in [5, 5.41) is 12.2. The van der Waals surface area contributed by atoms with Crippen LogP contribution in [0.5, 0.6) is 0 Å². The Balaban J connectivity index is 1.40. The molecule has 1 amide bonds. The minimum atomic E-state index is 0.190. The fraction of sp³-hybridized carbons (Fsp3) is 0.941. The van der Waals surface area contributed by atoms with Crippen molar-refractivity contribution in [2.75, 3.05) is 26.2 Å². The van der Waals surface area contributed by atoms with E-state index in [2.05, 4.69) is 17.1 Å². The third-order valence-corrected chi connectivity index (χ3v) is 6.10. The number of aliphatic hydroxyl groups is 1. The minimum absolute atomic E-state index is 0.190. The highest BCUT2D eigenvalue weighted by Crippen LogP contribution is 2.49. The molecular weight excluding hydrogens is 264 g/mol. The second-order valence-electron chi connectivity index (χ2n) is 7.60. The first-order chi connectivity index (χ1) is 10.2. The van der Waals surface area contributed by atoms with E-state index >= 15 is 0 Å². The van der Waals surface area contributed by atoms with E-state index in [4.69, 9.17) is 5.11 Å². The van der Waals surface area contributed by atoms with Crippen LogP contribution in [0.2, 0.25) is 0 Å². The Morgan fingerprint density at radius 3 is 2.86 bits per heavy atom. The van der Waals surface area contributed by atoms with E-state index in [9.17, 15) is 4.79 Å². The summed E-state index contributed by atoms with van der Waals surface area (Å²) in [6, 6.07) is 0.337. The number of rotatable bonds is 6. The zero-order chi connectivity index (χ0) is 14.8. The van der Waals surface area contributed by atoms with Crippen LogP contribution in [0.4, 0.5) is 0 Å². The normalized spacial score (nSPS) is 37.0. The Hall–Kier alpha value is -0.610. The van der Waals surface area contributed by atoms with Gasteiger partial charge >= 0.3 is 0 Å². The van der Waals surface area contributed by atoms with Gasteiger partial charge in [-0.1, -0.05) is 6.42 Å². The topological polar surface area (TPSA) is 52.6 Å².